The monoisotopic (exact) mass is 242 g/mol. The lowest BCUT2D eigenvalue weighted by atomic mass is 9.81. The summed E-state index contributed by atoms with van der Waals surface area (Å²) in [6.45, 7) is 1.95. The van der Waals surface area contributed by atoms with E-state index in [1.165, 1.54) is 0 Å². The molecule has 17 heavy (non-hydrogen) atoms. The fraction of sp³-hybridized carbons (Fsp3) is 0.833. The van der Waals surface area contributed by atoms with Gasteiger partial charge in [0.25, 0.3) is 0 Å². The molecule has 98 valence electrons. The van der Waals surface area contributed by atoms with Gasteiger partial charge in [0.1, 0.15) is 5.54 Å². The number of nitrogens with one attached hydrogen (secondary N) is 1. The smallest absolute Gasteiger partial charge is 0.329 e. The third-order valence-electron chi connectivity index (χ3n) is 3.42. The van der Waals surface area contributed by atoms with Gasteiger partial charge in [0, 0.05) is 0 Å². The van der Waals surface area contributed by atoms with Crippen molar-refractivity contribution in [3.8, 4) is 0 Å². The van der Waals surface area contributed by atoms with Gasteiger partial charge in [0.15, 0.2) is 0 Å². The van der Waals surface area contributed by atoms with Crippen molar-refractivity contribution in [2.45, 2.75) is 63.5 Å². The van der Waals surface area contributed by atoms with Gasteiger partial charge in [-0.3, -0.25) is 4.79 Å². The Labute approximate surface area is 102 Å². The standard InChI is InChI=1S/C12H22N2O3/c1-2-6-9(13)10(15)14-12(11(16)17)7-4-3-5-8-12/h9H,2-8,13H2,1H3,(H,14,15)(H,16,17)/t9-/m1/s1. The maximum absolute atomic E-state index is 11.8. The Morgan fingerprint density at radius 1 is 1.35 bits per heavy atom. The number of hydrogen-bond donors (Lipinski definition) is 3. The molecule has 1 fully saturated rings. The van der Waals surface area contributed by atoms with Crippen molar-refractivity contribution < 1.29 is 14.7 Å². The lowest BCUT2D eigenvalue weighted by Crippen LogP contribution is -2.59. The minimum absolute atomic E-state index is 0.337. The Morgan fingerprint density at radius 3 is 2.41 bits per heavy atom. The van der Waals surface area contributed by atoms with Crippen LogP contribution in [0.2, 0.25) is 0 Å². The number of carboxylic acid groups (broad SMARTS) is 1. The molecule has 0 radical (unpaired) electrons. The molecule has 0 heterocycles. The lowest BCUT2D eigenvalue weighted by molar-refractivity contribution is -0.149. The van der Waals surface area contributed by atoms with Crippen molar-refractivity contribution in [2.24, 2.45) is 5.73 Å². The molecule has 1 aliphatic carbocycles. The van der Waals surface area contributed by atoms with E-state index in [4.69, 9.17) is 5.73 Å². The molecule has 5 heteroatoms. The summed E-state index contributed by atoms with van der Waals surface area (Å²) in [4.78, 5) is 23.1. The van der Waals surface area contributed by atoms with Crippen molar-refractivity contribution in [2.75, 3.05) is 0 Å². The first-order valence-corrected chi connectivity index (χ1v) is 6.33. The summed E-state index contributed by atoms with van der Waals surface area (Å²) in [6.07, 6.45) is 5.13. The molecule has 1 rings (SSSR count). The number of nitrogens with two attached hydrogens (primary N) is 1. The van der Waals surface area contributed by atoms with Crippen LogP contribution in [0.1, 0.15) is 51.9 Å². The molecule has 0 aliphatic heterocycles. The van der Waals surface area contributed by atoms with Crippen molar-refractivity contribution in [1.82, 2.24) is 5.32 Å². The zero-order chi connectivity index (χ0) is 12.9. The van der Waals surface area contributed by atoms with Crippen LogP contribution in [0.15, 0.2) is 0 Å². The minimum Gasteiger partial charge on any atom is -0.480 e. The summed E-state index contributed by atoms with van der Waals surface area (Å²) in [5.41, 5.74) is 4.62. The molecule has 0 spiro atoms. The fourth-order valence-electron chi connectivity index (χ4n) is 2.32. The van der Waals surface area contributed by atoms with Crippen molar-refractivity contribution in [3.63, 3.8) is 0 Å². The largest absolute Gasteiger partial charge is 0.480 e. The molecule has 0 aromatic carbocycles. The number of amides is 1. The SMILES string of the molecule is CCC[C@@H](N)C(=O)NC1(C(=O)O)CCCCC1. The summed E-state index contributed by atoms with van der Waals surface area (Å²) in [7, 11) is 0. The number of aliphatic carboxylic acids is 1. The second kappa shape index (κ2) is 6.00. The predicted molar refractivity (Wildman–Crippen MR) is 64.5 cm³/mol. The van der Waals surface area contributed by atoms with Crippen LogP contribution >= 0.6 is 0 Å². The Balaban J connectivity index is 2.66. The molecule has 1 aliphatic rings. The molecule has 5 nitrogen and oxygen atoms in total. The summed E-state index contributed by atoms with van der Waals surface area (Å²) >= 11 is 0. The highest BCUT2D eigenvalue weighted by Gasteiger charge is 2.41. The number of hydrogen-bond acceptors (Lipinski definition) is 3. The van der Waals surface area contributed by atoms with Crippen LogP contribution < -0.4 is 11.1 Å². The second-order valence-corrected chi connectivity index (χ2v) is 4.83. The van der Waals surface area contributed by atoms with Crippen LogP contribution in [0, 0.1) is 0 Å². The highest BCUT2D eigenvalue weighted by molar-refractivity contribution is 5.89. The molecule has 4 N–H and O–H groups in total. The summed E-state index contributed by atoms with van der Waals surface area (Å²) < 4.78 is 0. The van der Waals surface area contributed by atoms with E-state index < -0.39 is 17.6 Å². The van der Waals surface area contributed by atoms with Gasteiger partial charge < -0.3 is 16.2 Å². The molecule has 1 saturated carbocycles. The van der Waals surface area contributed by atoms with Gasteiger partial charge in [-0.05, 0) is 19.3 Å². The van der Waals surface area contributed by atoms with Gasteiger partial charge in [-0.25, -0.2) is 4.79 Å². The zero-order valence-electron chi connectivity index (χ0n) is 10.4. The molecule has 1 amide bonds. The highest BCUT2D eigenvalue weighted by Crippen LogP contribution is 2.28. The van der Waals surface area contributed by atoms with E-state index in [-0.39, 0.29) is 5.91 Å². The Kier molecular flexibility index (Phi) is 4.93. The number of carboxylic acids is 1. The molecule has 0 aromatic heterocycles. The van der Waals surface area contributed by atoms with Crippen LogP contribution in [0.3, 0.4) is 0 Å². The highest BCUT2D eigenvalue weighted by atomic mass is 16.4. The predicted octanol–water partition coefficient (Wildman–Crippen LogP) is 1.02. The Hall–Kier alpha value is -1.10. The lowest BCUT2D eigenvalue weighted by Gasteiger charge is -2.34. The molecule has 0 bridgehead atoms. The van der Waals surface area contributed by atoms with Gasteiger partial charge in [-0.2, -0.15) is 0 Å². The van der Waals surface area contributed by atoms with Crippen LogP contribution in [-0.2, 0) is 9.59 Å². The van der Waals surface area contributed by atoms with Gasteiger partial charge in [0.05, 0.1) is 6.04 Å². The molecule has 0 unspecified atom stereocenters. The summed E-state index contributed by atoms with van der Waals surface area (Å²) in [6, 6.07) is -0.599. The van der Waals surface area contributed by atoms with Crippen LogP contribution in [-0.4, -0.2) is 28.6 Å². The summed E-state index contributed by atoms with van der Waals surface area (Å²) in [5.74, 6) is -1.27. The van der Waals surface area contributed by atoms with Crippen LogP contribution in [0.5, 0.6) is 0 Å². The Morgan fingerprint density at radius 2 is 1.94 bits per heavy atom. The van der Waals surface area contributed by atoms with E-state index >= 15 is 0 Å². The van der Waals surface area contributed by atoms with Crippen molar-refractivity contribution >= 4 is 11.9 Å². The molecular weight excluding hydrogens is 220 g/mol. The van der Waals surface area contributed by atoms with Crippen molar-refractivity contribution in [3.05, 3.63) is 0 Å². The second-order valence-electron chi connectivity index (χ2n) is 4.83. The maximum atomic E-state index is 11.8. The van der Waals surface area contributed by atoms with Crippen LogP contribution in [0.25, 0.3) is 0 Å². The van der Waals surface area contributed by atoms with E-state index in [2.05, 4.69) is 5.32 Å². The van der Waals surface area contributed by atoms with Gasteiger partial charge >= 0.3 is 5.97 Å². The average molecular weight is 242 g/mol. The van der Waals surface area contributed by atoms with Crippen molar-refractivity contribution in [1.29, 1.82) is 0 Å². The van der Waals surface area contributed by atoms with E-state index in [0.717, 1.165) is 25.7 Å². The first kappa shape index (κ1) is 14.0. The molecule has 0 aromatic rings. The first-order valence-electron chi connectivity index (χ1n) is 6.33. The van der Waals surface area contributed by atoms with Gasteiger partial charge in [-0.1, -0.05) is 32.6 Å². The quantitative estimate of drug-likeness (QED) is 0.671. The van der Waals surface area contributed by atoms with Crippen LogP contribution in [0.4, 0.5) is 0 Å². The molecular formula is C12H22N2O3. The normalized spacial score (nSPS) is 20.6. The van der Waals surface area contributed by atoms with E-state index in [1.807, 2.05) is 6.92 Å². The maximum Gasteiger partial charge on any atom is 0.329 e. The Bertz CT molecular complexity index is 285. The molecule has 1 atom stereocenters. The van der Waals surface area contributed by atoms with E-state index in [9.17, 15) is 14.7 Å². The zero-order valence-corrected chi connectivity index (χ0v) is 10.4. The third-order valence-corrected chi connectivity index (χ3v) is 3.42. The molecule has 0 saturated heterocycles. The summed E-state index contributed by atoms with van der Waals surface area (Å²) in [5, 5.41) is 11.9. The van der Waals surface area contributed by atoms with E-state index in [0.29, 0.717) is 19.3 Å². The van der Waals surface area contributed by atoms with E-state index in [1.54, 1.807) is 0 Å². The fourth-order valence-corrected chi connectivity index (χ4v) is 2.32. The number of carbonyl (C=O) groups is 2. The number of rotatable bonds is 5. The first-order chi connectivity index (χ1) is 8.02. The minimum atomic E-state index is -1.08. The topological polar surface area (TPSA) is 92.4 Å². The third kappa shape index (κ3) is 3.43. The number of carbonyl (C=O) groups excluding carboxylic acids is 1. The van der Waals surface area contributed by atoms with Gasteiger partial charge in [0.2, 0.25) is 5.91 Å². The van der Waals surface area contributed by atoms with Gasteiger partial charge in [-0.15, -0.1) is 0 Å². The average Bonchev–Trinajstić information content (AvgIpc) is 2.30.